The van der Waals surface area contributed by atoms with Crippen LogP contribution in [0.1, 0.15) is 1.43 Å². The molecule has 1 N–H and O–H groups in total. The van der Waals surface area contributed by atoms with E-state index in [1.54, 1.807) is 0 Å². The summed E-state index contributed by atoms with van der Waals surface area (Å²) < 4.78 is 187. The molecule has 0 radical (unpaired) electrons. The summed E-state index contributed by atoms with van der Waals surface area (Å²) in [7, 11) is 0. The smallest absolute Gasteiger partial charge is 1.00 e. The monoisotopic (exact) mass is 500 g/mol. The van der Waals surface area contributed by atoms with Gasteiger partial charge in [0.25, 0.3) is 0 Å². The first-order valence-corrected chi connectivity index (χ1v) is 5.01. The minimum atomic E-state index is -8.47. The van der Waals surface area contributed by atoms with Crippen LogP contribution in [-0.2, 0) is 4.79 Å². The van der Waals surface area contributed by atoms with Gasteiger partial charge in [-0.1, -0.05) is 0 Å². The maximum absolute atomic E-state index is 12.8. The van der Waals surface area contributed by atoms with Crippen molar-refractivity contribution in [3.63, 3.8) is 0 Å². The van der Waals surface area contributed by atoms with Gasteiger partial charge in [0.1, 0.15) is 0 Å². The van der Waals surface area contributed by atoms with E-state index >= 15 is 0 Å². The van der Waals surface area contributed by atoms with Crippen LogP contribution in [0.4, 0.5) is 65.9 Å². The summed E-state index contributed by atoms with van der Waals surface area (Å²) in [5, 5.41) is 7.57. The predicted octanol–water partition coefficient (Wildman–Crippen LogP) is 1.56. The Bertz CT molecular complexity index is 542. The number of hydrogen-bond donors (Lipinski definition) is 1. The molecule has 0 heterocycles. The molecular weight excluding hydrogens is 499 g/mol. The summed E-state index contributed by atoms with van der Waals surface area (Å²) in [4.78, 5) is 9.72. The molecule has 0 aliphatic heterocycles. The van der Waals surface area contributed by atoms with Crippen LogP contribution in [0.2, 0.25) is 0 Å². The first-order chi connectivity index (χ1) is 10.4. The Labute approximate surface area is 182 Å². The van der Waals surface area contributed by atoms with E-state index in [2.05, 4.69) is 0 Å². The zero-order valence-corrected chi connectivity index (χ0v) is 16.4. The maximum atomic E-state index is 12.8. The third-order valence-electron chi connectivity index (χ3n) is 2.60. The Morgan fingerprint density at radius 2 is 0.769 bits per heavy atom. The minimum absolute atomic E-state index is 0. The largest absolute Gasteiger partial charge is 1.00 e. The first-order valence-electron chi connectivity index (χ1n) is 5.01. The zero-order valence-electron chi connectivity index (χ0n) is 12.5. The summed E-state index contributed by atoms with van der Waals surface area (Å²) in [6, 6.07) is 0. The first kappa shape index (κ1) is 28.4. The van der Waals surface area contributed by atoms with Crippen molar-refractivity contribution in [1.29, 1.82) is 0 Å². The fourth-order valence-corrected chi connectivity index (χ4v) is 1.10. The Balaban J connectivity index is -0.00000288. The van der Waals surface area contributed by atoms with E-state index in [4.69, 9.17) is 5.11 Å². The van der Waals surface area contributed by atoms with Gasteiger partial charge in [-0.15, -0.1) is 0 Å². The molecule has 0 aliphatic carbocycles. The summed E-state index contributed by atoms with van der Waals surface area (Å²) in [5.41, 5.74) is 0. The van der Waals surface area contributed by atoms with E-state index in [1.807, 2.05) is 0 Å². The van der Waals surface area contributed by atoms with Gasteiger partial charge in [0, 0.05) is 0 Å². The van der Waals surface area contributed by atoms with E-state index in [0.29, 0.717) is 0 Å². The van der Waals surface area contributed by atoms with Gasteiger partial charge in [0.2, 0.25) is 0 Å². The van der Waals surface area contributed by atoms with Crippen molar-refractivity contribution < 1.29 is 135 Å². The Morgan fingerprint density at radius 3 is 1.00 bits per heavy atom. The molecule has 152 valence electrons. The van der Waals surface area contributed by atoms with Crippen LogP contribution in [-0.4, -0.2) is 52.8 Å². The molecule has 0 rings (SSSR count). The molecule has 0 aromatic heterocycles. The molecule has 0 spiro atoms. The quantitative estimate of drug-likeness (QED) is 0.563. The average Bonchev–Trinajstić information content (AvgIpc) is 2.35. The van der Waals surface area contributed by atoms with Gasteiger partial charge in [-0.25, -0.2) is 4.79 Å². The fourth-order valence-electron chi connectivity index (χ4n) is 1.10. The van der Waals surface area contributed by atoms with Crippen molar-refractivity contribution in [2.24, 2.45) is 0 Å². The Hall–Kier alpha value is 0.225. The van der Waals surface area contributed by atoms with Crippen molar-refractivity contribution in [1.82, 2.24) is 0 Å². The third-order valence-corrected chi connectivity index (χ3v) is 2.60. The molecule has 0 aromatic carbocycles. The molecule has 18 heteroatoms. The van der Waals surface area contributed by atoms with Gasteiger partial charge in [-0.05, 0) is 0 Å². The topological polar surface area (TPSA) is 37.3 Å². The van der Waals surface area contributed by atoms with E-state index in [-0.39, 0.29) is 59.6 Å². The second kappa shape index (κ2) is 7.24. The van der Waals surface area contributed by atoms with Gasteiger partial charge in [0.15, 0.2) is 0 Å². The zero-order chi connectivity index (χ0) is 21.1. The SMILES string of the molecule is O=C(O)C(F)(F)C(F)(F)C(F)(F)C(F)(F)C(F)(F)C(F)(F)C(F)(F)F.[H-].[Rb+]. The summed E-state index contributed by atoms with van der Waals surface area (Å²) in [6.07, 6.45) is -7.69. The van der Waals surface area contributed by atoms with Crippen LogP contribution in [0.15, 0.2) is 0 Å². The number of hydrogen-bond acceptors (Lipinski definition) is 1. The number of carboxylic acid groups (broad SMARTS) is 1. The third kappa shape index (κ3) is 3.60. The number of carboxylic acids is 1. The van der Waals surface area contributed by atoms with Crippen LogP contribution < -0.4 is 58.2 Å². The molecular formula is C8H2F15O2Rb. The number of rotatable bonds is 6. The minimum Gasteiger partial charge on any atom is -1.00 e. The molecule has 0 aliphatic rings. The van der Waals surface area contributed by atoms with Crippen molar-refractivity contribution in [3.8, 4) is 0 Å². The van der Waals surface area contributed by atoms with Crippen molar-refractivity contribution in [2.75, 3.05) is 0 Å². The predicted molar refractivity (Wildman–Crippen MR) is 44.5 cm³/mol. The van der Waals surface area contributed by atoms with E-state index in [0.717, 1.165) is 0 Å². The number of carbonyl (C=O) groups is 1. The Morgan fingerprint density at radius 1 is 0.538 bits per heavy atom. The van der Waals surface area contributed by atoms with Crippen molar-refractivity contribution in [2.45, 2.75) is 41.7 Å². The van der Waals surface area contributed by atoms with E-state index < -0.39 is 47.7 Å². The number of halogens is 15. The molecule has 0 atom stereocenters. The number of alkyl halides is 15. The molecule has 0 saturated carbocycles. The van der Waals surface area contributed by atoms with Gasteiger partial charge in [0.05, 0.1) is 0 Å². The average molecular weight is 501 g/mol. The van der Waals surface area contributed by atoms with Crippen LogP contribution in [0.3, 0.4) is 0 Å². The summed E-state index contributed by atoms with van der Waals surface area (Å²) in [5.74, 6) is -52.8. The van der Waals surface area contributed by atoms with Crippen molar-refractivity contribution >= 4 is 5.97 Å². The Kier molecular flexibility index (Phi) is 7.92. The molecule has 0 saturated heterocycles. The van der Waals surface area contributed by atoms with Crippen LogP contribution in [0, 0.1) is 0 Å². The number of aliphatic carboxylic acids is 1. The van der Waals surface area contributed by atoms with Crippen molar-refractivity contribution in [3.05, 3.63) is 0 Å². The second-order valence-corrected chi connectivity index (χ2v) is 4.25. The normalized spacial score (nSPS) is 15.5. The van der Waals surface area contributed by atoms with E-state index in [1.165, 1.54) is 0 Å². The molecule has 2 nitrogen and oxygen atoms in total. The summed E-state index contributed by atoms with van der Waals surface area (Å²) >= 11 is 0. The van der Waals surface area contributed by atoms with Gasteiger partial charge in [-0.2, -0.15) is 65.9 Å². The summed E-state index contributed by atoms with van der Waals surface area (Å²) in [6.45, 7) is 0. The van der Waals surface area contributed by atoms with Crippen LogP contribution in [0.25, 0.3) is 0 Å². The fraction of sp³-hybridized carbons (Fsp3) is 0.875. The van der Waals surface area contributed by atoms with Gasteiger partial charge < -0.3 is 6.53 Å². The molecule has 0 bridgehead atoms. The second-order valence-electron chi connectivity index (χ2n) is 4.25. The molecule has 26 heavy (non-hydrogen) atoms. The maximum Gasteiger partial charge on any atom is 1.00 e. The molecule has 0 fully saturated rings. The van der Waals surface area contributed by atoms with Crippen LogP contribution in [0.5, 0.6) is 0 Å². The van der Waals surface area contributed by atoms with Gasteiger partial charge in [-0.3, -0.25) is 0 Å². The van der Waals surface area contributed by atoms with Gasteiger partial charge >= 0.3 is 106 Å². The molecule has 0 amide bonds. The molecule has 0 unspecified atom stereocenters. The van der Waals surface area contributed by atoms with Crippen LogP contribution >= 0.6 is 0 Å². The van der Waals surface area contributed by atoms with E-state index in [9.17, 15) is 70.7 Å². The standard InChI is InChI=1S/C8HF15O2.Rb.H/c9-2(10,1(24)25)3(11,12)4(13,14)5(15,16)6(17,18)7(19,20)8(21,22)23;;/h(H,24,25);;/q;+1;-1. The molecule has 0 aromatic rings.